The molecule has 0 N–H and O–H groups in total. The third-order valence-electron chi connectivity index (χ3n) is 4.73. The molecule has 0 saturated heterocycles. The maximum Gasteiger partial charge on any atom is 0.310 e. The molecule has 10 nitrogen and oxygen atoms in total. The molecule has 0 amide bonds. The second-order valence-electron chi connectivity index (χ2n) is 9.35. The van der Waals surface area contributed by atoms with Crippen LogP contribution in [0.1, 0.15) is 11.1 Å². The van der Waals surface area contributed by atoms with E-state index in [1.165, 1.54) is 0 Å². The van der Waals surface area contributed by atoms with Crippen molar-refractivity contribution < 1.29 is 0 Å². The molecule has 35 heavy (non-hydrogen) atoms. The number of hydrogen-bond acceptors (Lipinski definition) is 1. The minimum atomic E-state index is -3.05. The molecule has 0 aliphatic rings. The Kier molecular flexibility index (Phi) is 11.3. The zero-order valence-electron chi connectivity index (χ0n) is 23.7. The van der Waals surface area contributed by atoms with Crippen molar-refractivity contribution in [3.05, 3.63) is 42.0 Å². The van der Waals surface area contributed by atoms with E-state index < -0.39 is 7.51 Å². The third kappa shape index (κ3) is 8.94. The van der Waals surface area contributed by atoms with Crippen LogP contribution >= 0.6 is 7.51 Å². The lowest BCUT2D eigenvalue weighted by Crippen LogP contribution is -2.37. The fraction of sp³-hybridized carbons (Fsp3) is 0.542. The molecular weight excluding hydrogens is 459 g/mol. The van der Waals surface area contributed by atoms with Gasteiger partial charge in [-0.15, -0.1) is 0 Å². The highest BCUT2D eigenvalue weighted by atomic mass is 31.2. The number of benzene rings is 1. The summed E-state index contributed by atoms with van der Waals surface area (Å²) in [5, 5.41) is 0. The molecule has 0 saturated carbocycles. The molecule has 196 valence electrons. The molecule has 0 atom stereocenters. The Morgan fingerprint density at radius 1 is 0.629 bits per heavy atom. The molecule has 11 heteroatoms. The molecule has 0 heterocycles. The first-order valence-electron chi connectivity index (χ1n) is 11.4. The van der Waals surface area contributed by atoms with Crippen LogP contribution in [0.15, 0.2) is 49.9 Å². The van der Waals surface area contributed by atoms with Gasteiger partial charge in [0.25, 0.3) is 0 Å². The van der Waals surface area contributed by atoms with E-state index in [2.05, 4.69) is 18.7 Å². The van der Waals surface area contributed by atoms with Gasteiger partial charge < -0.3 is 29.4 Å². The molecule has 0 bridgehead atoms. The third-order valence-corrected chi connectivity index (χ3v) is 6.59. The quantitative estimate of drug-likeness (QED) is 0.337. The molecule has 1 aromatic carbocycles. The molecule has 0 aliphatic heterocycles. The molecule has 0 aromatic heterocycles. The van der Waals surface area contributed by atoms with Gasteiger partial charge in [-0.25, -0.2) is 4.74 Å². The molecule has 0 unspecified atom stereocenters. The average Bonchev–Trinajstić information content (AvgIpc) is 2.76. The first-order valence-corrected chi connectivity index (χ1v) is 13.0. The van der Waals surface area contributed by atoms with Crippen LogP contribution in [0.4, 0.5) is 0 Å². The number of hydrogen-bond donors (Lipinski definition) is 0. The van der Waals surface area contributed by atoms with Crippen LogP contribution in [0.3, 0.4) is 0 Å². The largest absolute Gasteiger partial charge is 0.349 e. The van der Waals surface area contributed by atoms with Crippen LogP contribution in [-0.2, 0) is 6.54 Å². The number of rotatable bonds is 6. The molecule has 0 spiro atoms. The lowest BCUT2D eigenvalue weighted by molar-refractivity contribution is 0.482. The lowest BCUT2D eigenvalue weighted by Gasteiger charge is -2.29. The molecule has 0 fully saturated rings. The predicted molar refractivity (Wildman–Crippen MR) is 154 cm³/mol. The van der Waals surface area contributed by atoms with Gasteiger partial charge >= 0.3 is 7.51 Å². The van der Waals surface area contributed by atoms with E-state index in [0.717, 1.165) is 29.0 Å². The van der Waals surface area contributed by atoms with Crippen molar-refractivity contribution in [1.82, 2.24) is 29.4 Å². The summed E-state index contributed by atoms with van der Waals surface area (Å²) in [6.45, 7) is 4.27. The van der Waals surface area contributed by atoms with E-state index in [1.54, 1.807) is 0 Å². The van der Waals surface area contributed by atoms with E-state index in [1.807, 2.05) is 132 Å². The van der Waals surface area contributed by atoms with Crippen molar-refractivity contribution in [2.45, 2.75) is 6.54 Å². The first-order chi connectivity index (χ1) is 16.2. The van der Waals surface area contributed by atoms with Crippen LogP contribution in [0.5, 0.6) is 0 Å². The maximum absolute atomic E-state index is 5.18. The van der Waals surface area contributed by atoms with Crippen LogP contribution in [0.25, 0.3) is 6.08 Å². The van der Waals surface area contributed by atoms with E-state index in [0.29, 0.717) is 6.54 Å². The highest BCUT2D eigenvalue weighted by Crippen LogP contribution is 2.56. The van der Waals surface area contributed by atoms with Gasteiger partial charge in [0.1, 0.15) is 0 Å². The highest BCUT2D eigenvalue weighted by Gasteiger charge is 2.25. The van der Waals surface area contributed by atoms with E-state index in [9.17, 15) is 0 Å². The zero-order chi connectivity index (χ0) is 26.9. The van der Waals surface area contributed by atoms with Crippen molar-refractivity contribution in [1.29, 1.82) is 0 Å². The van der Waals surface area contributed by atoms with E-state index >= 15 is 0 Å². The van der Waals surface area contributed by atoms with Crippen LogP contribution in [-0.4, -0.2) is 132 Å². The Bertz CT molecular complexity index is 860. The second kappa shape index (κ2) is 13.2. The maximum atomic E-state index is 5.18. The summed E-state index contributed by atoms with van der Waals surface area (Å²) in [5.74, 6) is 2.22. The van der Waals surface area contributed by atoms with Crippen LogP contribution in [0, 0.1) is 0 Å². The van der Waals surface area contributed by atoms with Gasteiger partial charge in [-0.2, -0.15) is 14.3 Å². The van der Waals surface area contributed by atoms with Crippen molar-refractivity contribution in [3.8, 4) is 0 Å². The topological polar surface area (TPSA) is 68.9 Å². The van der Waals surface area contributed by atoms with Crippen molar-refractivity contribution in [3.63, 3.8) is 0 Å². The summed E-state index contributed by atoms with van der Waals surface area (Å²) in [6, 6.07) is 8.19. The van der Waals surface area contributed by atoms with Crippen LogP contribution < -0.4 is 0 Å². The standard InChI is InChI=1S/C24H45N10P/c1-14-20-15-17-21(18-16-20)19-25-35(26-22(29(2)3)30(4)5,27-23(31(6)7)32(8)9)28-24(33(10)11)34(12)13/h14-18H,1,19H2,2-13H3. The number of guanidine groups is 3. The van der Waals surface area contributed by atoms with Gasteiger partial charge in [-0.3, -0.25) is 0 Å². The SMILES string of the molecule is C=Cc1ccc(CN=P(N=C(N(C)C)N(C)C)(N=C(N(C)C)N(C)C)N=C(N(C)C)N(C)C)cc1. The lowest BCUT2D eigenvalue weighted by atomic mass is 10.1. The van der Waals surface area contributed by atoms with E-state index in [4.69, 9.17) is 19.0 Å². The Morgan fingerprint density at radius 2 is 0.943 bits per heavy atom. The highest BCUT2D eigenvalue weighted by molar-refractivity contribution is 7.62. The fourth-order valence-electron chi connectivity index (χ4n) is 3.19. The second-order valence-corrected chi connectivity index (χ2v) is 11.3. The molecule has 0 radical (unpaired) electrons. The van der Waals surface area contributed by atoms with Gasteiger partial charge in [-0.1, -0.05) is 36.9 Å². The van der Waals surface area contributed by atoms with Gasteiger partial charge in [0.15, 0.2) is 0 Å². The molecule has 1 rings (SSSR count). The summed E-state index contributed by atoms with van der Waals surface area (Å²) in [4.78, 5) is 11.8. The van der Waals surface area contributed by atoms with Gasteiger partial charge in [-0.05, 0) is 11.1 Å². The van der Waals surface area contributed by atoms with Crippen molar-refractivity contribution in [2.75, 3.05) is 84.6 Å². The van der Waals surface area contributed by atoms with Gasteiger partial charge in [0, 0.05) is 84.6 Å². The normalized spacial score (nSPS) is 10.5. The molecule has 1 aromatic rings. The number of nitrogens with zero attached hydrogens (tertiary/aromatic N) is 10. The summed E-state index contributed by atoms with van der Waals surface area (Å²) in [6.07, 6.45) is 1.83. The Balaban J connectivity index is 4.11. The zero-order valence-corrected chi connectivity index (χ0v) is 24.6. The summed E-state index contributed by atoms with van der Waals surface area (Å²) >= 11 is 0. The minimum absolute atomic E-state index is 0.429. The van der Waals surface area contributed by atoms with E-state index in [-0.39, 0.29) is 0 Å². The minimum Gasteiger partial charge on any atom is -0.349 e. The summed E-state index contributed by atoms with van der Waals surface area (Å²) < 4.78 is 20.7. The van der Waals surface area contributed by atoms with Crippen molar-refractivity contribution in [2.24, 2.45) is 19.0 Å². The summed E-state index contributed by atoms with van der Waals surface area (Å²) in [7, 11) is 20.5. The summed E-state index contributed by atoms with van der Waals surface area (Å²) in [5.41, 5.74) is 2.13. The fourth-order valence-corrected chi connectivity index (χ4v) is 5.66. The predicted octanol–water partition coefficient (Wildman–Crippen LogP) is 3.21. The Labute approximate surface area is 213 Å². The average molecular weight is 505 g/mol. The molecule has 0 aliphatic carbocycles. The van der Waals surface area contributed by atoms with Gasteiger partial charge in [0.05, 0.1) is 6.54 Å². The van der Waals surface area contributed by atoms with Gasteiger partial charge in [0.2, 0.25) is 17.9 Å². The van der Waals surface area contributed by atoms with Crippen LogP contribution in [0.2, 0.25) is 0 Å². The Morgan fingerprint density at radius 3 is 1.20 bits per heavy atom. The first kappa shape index (κ1) is 30.0. The molecular formula is C24H45N10P. The Hall–Kier alpha value is -3.00. The smallest absolute Gasteiger partial charge is 0.310 e. The van der Waals surface area contributed by atoms with Crippen molar-refractivity contribution >= 4 is 31.5 Å². The monoisotopic (exact) mass is 504 g/mol.